The van der Waals surface area contributed by atoms with Crippen molar-refractivity contribution in [3.05, 3.63) is 29.8 Å². The minimum absolute atomic E-state index is 0.133. The van der Waals surface area contributed by atoms with Crippen molar-refractivity contribution in [3.8, 4) is 5.75 Å². The van der Waals surface area contributed by atoms with Crippen LogP contribution >= 0.6 is 0 Å². The van der Waals surface area contributed by atoms with E-state index in [0.29, 0.717) is 18.9 Å². The fraction of sp³-hybridized carbons (Fsp3) is 0.462. The molecule has 0 heterocycles. The molecule has 0 saturated carbocycles. The maximum atomic E-state index is 11.6. The third-order valence-electron chi connectivity index (χ3n) is 2.41. The number of carbonyl (C=O) groups excluding carboxylic acids is 1. The third kappa shape index (κ3) is 4.87. The van der Waals surface area contributed by atoms with Gasteiger partial charge in [0.2, 0.25) is 5.91 Å². The number of phenols is 1. The highest BCUT2D eigenvalue weighted by Crippen LogP contribution is 2.10. The van der Waals surface area contributed by atoms with E-state index in [-0.39, 0.29) is 11.7 Å². The molecule has 0 bridgehead atoms. The molecular formula is C13H20N2O2. The lowest BCUT2D eigenvalue weighted by Gasteiger charge is -2.13. The number of nitrogens with one attached hydrogen (secondary N) is 1. The number of amides is 1. The Bertz CT molecular complexity index is 360. The fourth-order valence-corrected chi connectivity index (χ4v) is 1.41. The van der Waals surface area contributed by atoms with E-state index in [0.717, 1.165) is 5.56 Å². The van der Waals surface area contributed by atoms with Gasteiger partial charge in [-0.1, -0.05) is 26.0 Å². The minimum Gasteiger partial charge on any atom is -0.508 e. The molecule has 1 aromatic carbocycles. The molecule has 4 nitrogen and oxygen atoms in total. The molecule has 0 aliphatic heterocycles. The van der Waals surface area contributed by atoms with Crippen LogP contribution in [-0.2, 0) is 11.2 Å². The van der Waals surface area contributed by atoms with Gasteiger partial charge < -0.3 is 16.2 Å². The molecule has 0 fully saturated rings. The summed E-state index contributed by atoms with van der Waals surface area (Å²) in [6.07, 6.45) is 0.476. The maximum Gasteiger partial charge on any atom is 0.237 e. The van der Waals surface area contributed by atoms with Gasteiger partial charge in [0, 0.05) is 6.54 Å². The van der Waals surface area contributed by atoms with Crippen molar-refractivity contribution in [3.63, 3.8) is 0 Å². The van der Waals surface area contributed by atoms with E-state index in [1.165, 1.54) is 0 Å². The summed E-state index contributed by atoms with van der Waals surface area (Å²) in [4.78, 5) is 11.6. The van der Waals surface area contributed by atoms with Gasteiger partial charge in [-0.2, -0.15) is 0 Å². The Balaban J connectivity index is 2.45. The molecule has 1 amide bonds. The molecule has 1 atom stereocenters. The van der Waals surface area contributed by atoms with Crippen LogP contribution in [-0.4, -0.2) is 23.6 Å². The number of aromatic hydroxyl groups is 1. The van der Waals surface area contributed by atoms with Crippen LogP contribution in [0, 0.1) is 5.92 Å². The van der Waals surface area contributed by atoms with Gasteiger partial charge in [-0.25, -0.2) is 0 Å². The van der Waals surface area contributed by atoms with Gasteiger partial charge in [0.25, 0.3) is 0 Å². The van der Waals surface area contributed by atoms with Gasteiger partial charge in [0.1, 0.15) is 5.75 Å². The topological polar surface area (TPSA) is 75.4 Å². The number of carbonyl (C=O) groups is 1. The number of nitrogens with two attached hydrogens (primary N) is 1. The zero-order valence-electron chi connectivity index (χ0n) is 10.3. The maximum absolute atomic E-state index is 11.6. The molecule has 0 aromatic heterocycles. The van der Waals surface area contributed by atoms with E-state index >= 15 is 0 Å². The lowest BCUT2D eigenvalue weighted by Crippen LogP contribution is -2.43. The van der Waals surface area contributed by atoms with E-state index in [1.54, 1.807) is 24.3 Å². The van der Waals surface area contributed by atoms with Crippen LogP contribution in [0.2, 0.25) is 0 Å². The van der Waals surface area contributed by atoms with Crippen molar-refractivity contribution in [2.24, 2.45) is 11.7 Å². The van der Waals surface area contributed by atoms with Crippen LogP contribution in [0.15, 0.2) is 24.3 Å². The summed E-state index contributed by atoms with van der Waals surface area (Å²) in [5.41, 5.74) is 6.74. The van der Waals surface area contributed by atoms with E-state index in [9.17, 15) is 4.79 Å². The number of rotatable bonds is 5. The van der Waals surface area contributed by atoms with Crippen LogP contribution in [0.4, 0.5) is 0 Å². The van der Waals surface area contributed by atoms with Crippen LogP contribution in [0.5, 0.6) is 5.75 Å². The predicted octanol–water partition coefficient (Wildman–Crippen LogP) is 1.03. The van der Waals surface area contributed by atoms with Crippen molar-refractivity contribution in [2.45, 2.75) is 26.3 Å². The smallest absolute Gasteiger partial charge is 0.237 e. The Hall–Kier alpha value is -1.55. The molecule has 0 spiro atoms. The second-order valence-electron chi connectivity index (χ2n) is 4.62. The van der Waals surface area contributed by atoms with Crippen molar-refractivity contribution < 1.29 is 9.90 Å². The van der Waals surface area contributed by atoms with E-state index in [4.69, 9.17) is 10.8 Å². The average molecular weight is 236 g/mol. The highest BCUT2D eigenvalue weighted by atomic mass is 16.3. The molecule has 17 heavy (non-hydrogen) atoms. The first kappa shape index (κ1) is 13.5. The largest absolute Gasteiger partial charge is 0.508 e. The molecule has 0 radical (unpaired) electrons. The quantitative estimate of drug-likeness (QED) is 0.715. The predicted molar refractivity (Wildman–Crippen MR) is 67.6 cm³/mol. The van der Waals surface area contributed by atoms with E-state index in [2.05, 4.69) is 5.32 Å². The van der Waals surface area contributed by atoms with Crippen LogP contribution in [0.25, 0.3) is 0 Å². The molecule has 94 valence electrons. The SMILES string of the molecule is CC(C)CNC(=O)[C@@H](N)Cc1ccc(O)cc1. The van der Waals surface area contributed by atoms with Gasteiger partial charge in [-0.3, -0.25) is 4.79 Å². The van der Waals surface area contributed by atoms with Crippen LogP contribution in [0.1, 0.15) is 19.4 Å². The van der Waals surface area contributed by atoms with Crippen molar-refractivity contribution in [2.75, 3.05) is 6.54 Å². The lowest BCUT2D eigenvalue weighted by molar-refractivity contribution is -0.122. The third-order valence-corrected chi connectivity index (χ3v) is 2.41. The van der Waals surface area contributed by atoms with Gasteiger partial charge in [-0.05, 0) is 30.0 Å². The monoisotopic (exact) mass is 236 g/mol. The molecule has 0 aliphatic carbocycles. The van der Waals surface area contributed by atoms with Crippen molar-refractivity contribution in [1.29, 1.82) is 0 Å². The second kappa shape index (κ2) is 6.25. The Kier molecular flexibility index (Phi) is 4.97. The van der Waals surface area contributed by atoms with Gasteiger partial charge in [0.15, 0.2) is 0 Å². The van der Waals surface area contributed by atoms with Gasteiger partial charge in [0.05, 0.1) is 6.04 Å². The molecule has 0 aliphatic rings. The summed E-state index contributed by atoms with van der Waals surface area (Å²) in [5.74, 6) is 0.498. The van der Waals surface area contributed by atoms with Crippen molar-refractivity contribution >= 4 is 5.91 Å². The summed E-state index contributed by atoms with van der Waals surface area (Å²) in [7, 11) is 0. The summed E-state index contributed by atoms with van der Waals surface area (Å²) in [5, 5.41) is 11.9. The first-order chi connectivity index (χ1) is 7.99. The number of phenolic OH excluding ortho intramolecular Hbond substituents is 1. The number of hydrogen-bond acceptors (Lipinski definition) is 3. The Morgan fingerprint density at radius 1 is 1.35 bits per heavy atom. The zero-order valence-corrected chi connectivity index (χ0v) is 10.3. The molecule has 0 saturated heterocycles. The molecular weight excluding hydrogens is 216 g/mol. The van der Waals surface area contributed by atoms with Crippen LogP contribution < -0.4 is 11.1 Å². The molecule has 1 rings (SSSR count). The van der Waals surface area contributed by atoms with Gasteiger partial charge in [-0.15, -0.1) is 0 Å². The fourth-order valence-electron chi connectivity index (χ4n) is 1.41. The number of benzene rings is 1. The zero-order chi connectivity index (χ0) is 12.8. The van der Waals surface area contributed by atoms with Crippen molar-refractivity contribution in [1.82, 2.24) is 5.32 Å². The molecule has 4 heteroatoms. The Morgan fingerprint density at radius 2 is 1.94 bits per heavy atom. The Morgan fingerprint density at radius 3 is 2.47 bits per heavy atom. The molecule has 1 aromatic rings. The summed E-state index contributed by atoms with van der Waals surface area (Å²) < 4.78 is 0. The number of hydrogen-bond donors (Lipinski definition) is 3. The molecule has 4 N–H and O–H groups in total. The highest BCUT2D eigenvalue weighted by molar-refractivity contribution is 5.81. The first-order valence-electron chi connectivity index (χ1n) is 5.80. The highest BCUT2D eigenvalue weighted by Gasteiger charge is 2.13. The normalized spacial score (nSPS) is 12.5. The molecule has 0 unspecified atom stereocenters. The average Bonchev–Trinajstić information content (AvgIpc) is 2.28. The van der Waals surface area contributed by atoms with E-state index in [1.807, 2.05) is 13.8 Å². The van der Waals surface area contributed by atoms with E-state index < -0.39 is 6.04 Å². The summed E-state index contributed by atoms with van der Waals surface area (Å²) in [6.45, 7) is 4.71. The van der Waals surface area contributed by atoms with Gasteiger partial charge >= 0.3 is 0 Å². The lowest BCUT2D eigenvalue weighted by atomic mass is 10.1. The summed E-state index contributed by atoms with van der Waals surface area (Å²) in [6, 6.07) is 6.18. The van der Waals surface area contributed by atoms with Crippen LogP contribution in [0.3, 0.4) is 0 Å². The Labute approximate surface area is 102 Å². The standard InChI is InChI=1S/C13H20N2O2/c1-9(2)8-15-13(17)12(14)7-10-3-5-11(16)6-4-10/h3-6,9,12,16H,7-8,14H2,1-2H3,(H,15,17)/t12-/m0/s1. The second-order valence-corrected chi connectivity index (χ2v) is 4.62. The first-order valence-corrected chi connectivity index (χ1v) is 5.80. The summed E-state index contributed by atoms with van der Waals surface area (Å²) >= 11 is 0. The minimum atomic E-state index is -0.543.